The van der Waals surface area contributed by atoms with Crippen LogP contribution in [0.5, 0.6) is 0 Å². The molecule has 3 aromatic rings. The summed E-state index contributed by atoms with van der Waals surface area (Å²) in [5.41, 5.74) is 3.42. The van der Waals surface area contributed by atoms with Gasteiger partial charge >= 0.3 is 0 Å². The van der Waals surface area contributed by atoms with Crippen LogP contribution in [-0.4, -0.2) is 30.3 Å². The topological polar surface area (TPSA) is 62.6 Å². The van der Waals surface area contributed by atoms with Gasteiger partial charge in [0.25, 0.3) is 0 Å². The summed E-state index contributed by atoms with van der Waals surface area (Å²) in [4.78, 5) is 26.0. The molecule has 1 aromatic heterocycles. The third kappa shape index (κ3) is 4.68. The third-order valence-electron chi connectivity index (χ3n) is 4.40. The first kappa shape index (κ1) is 19.0. The third-order valence-corrected chi connectivity index (χ3v) is 4.66. The number of hydrogen-bond acceptors (Lipinski definition) is 3. The van der Waals surface area contributed by atoms with Gasteiger partial charge in [-0.2, -0.15) is 0 Å². The van der Waals surface area contributed by atoms with E-state index in [9.17, 15) is 9.59 Å². The molecule has 140 valence electrons. The lowest BCUT2D eigenvalue weighted by atomic mass is 10.1. The van der Waals surface area contributed by atoms with E-state index in [4.69, 9.17) is 16.0 Å². The number of nitrogens with zero attached hydrogens (tertiary/aromatic N) is 1. The van der Waals surface area contributed by atoms with Gasteiger partial charge in [-0.15, -0.1) is 0 Å². The molecule has 0 radical (unpaired) electrons. The smallest absolute Gasteiger partial charge is 0.243 e. The SMILES string of the molecule is CCc1ccc2c(CC(=O)N(C)CC(=O)Nc3ccc(Cl)cc3)coc2c1. The van der Waals surface area contributed by atoms with Crippen molar-refractivity contribution in [3.63, 3.8) is 0 Å². The standard InChI is InChI=1S/C21H21ClN2O3/c1-3-14-4-9-18-15(13-27-19(18)10-14)11-21(26)24(2)12-20(25)23-17-7-5-16(22)6-8-17/h4-10,13H,3,11-12H2,1-2H3,(H,23,25). The Labute approximate surface area is 162 Å². The number of carbonyl (C=O) groups excluding carboxylic acids is 2. The second-order valence-corrected chi connectivity index (χ2v) is 6.86. The molecular weight excluding hydrogens is 364 g/mol. The average Bonchev–Trinajstić information content (AvgIpc) is 3.05. The van der Waals surface area contributed by atoms with Gasteiger partial charge in [0.05, 0.1) is 19.2 Å². The Morgan fingerprint density at radius 1 is 1.15 bits per heavy atom. The number of benzene rings is 2. The predicted octanol–water partition coefficient (Wildman–Crippen LogP) is 4.29. The first-order valence-corrected chi connectivity index (χ1v) is 9.12. The van der Waals surface area contributed by atoms with Crippen LogP contribution in [0.1, 0.15) is 18.1 Å². The van der Waals surface area contributed by atoms with Crippen LogP contribution >= 0.6 is 11.6 Å². The van der Waals surface area contributed by atoms with Crippen LogP contribution < -0.4 is 5.32 Å². The maximum Gasteiger partial charge on any atom is 0.243 e. The molecule has 2 amide bonds. The van der Waals surface area contributed by atoms with Crippen molar-refractivity contribution in [1.29, 1.82) is 0 Å². The van der Waals surface area contributed by atoms with Gasteiger partial charge < -0.3 is 14.6 Å². The molecule has 0 saturated heterocycles. The summed E-state index contributed by atoms with van der Waals surface area (Å²) in [5, 5.41) is 4.27. The van der Waals surface area contributed by atoms with Crippen molar-refractivity contribution in [3.05, 3.63) is 64.9 Å². The molecule has 3 rings (SSSR count). The molecule has 0 spiro atoms. The van der Waals surface area contributed by atoms with E-state index in [1.165, 1.54) is 10.5 Å². The van der Waals surface area contributed by atoms with Crippen molar-refractivity contribution in [2.75, 3.05) is 18.9 Å². The van der Waals surface area contributed by atoms with E-state index in [0.29, 0.717) is 10.7 Å². The molecule has 0 unspecified atom stereocenters. The van der Waals surface area contributed by atoms with Gasteiger partial charge in [-0.05, 0) is 42.3 Å². The Balaban J connectivity index is 1.60. The lowest BCUT2D eigenvalue weighted by molar-refractivity contribution is -0.132. The summed E-state index contributed by atoms with van der Waals surface area (Å²) >= 11 is 5.83. The van der Waals surface area contributed by atoms with Crippen molar-refractivity contribution in [2.45, 2.75) is 19.8 Å². The number of aryl methyl sites for hydroxylation is 1. The van der Waals surface area contributed by atoms with Crippen molar-refractivity contribution in [3.8, 4) is 0 Å². The van der Waals surface area contributed by atoms with E-state index in [1.54, 1.807) is 37.6 Å². The number of anilines is 1. The van der Waals surface area contributed by atoms with E-state index < -0.39 is 0 Å². The summed E-state index contributed by atoms with van der Waals surface area (Å²) < 4.78 is 5.58. The van der Waals surface area contributed by atoms with E-state index in [0.717, 1.165) is 23.0 Å². The molecule has 0 atom stereocenters. The van der Waals surface area contributed by atoms with Gasteiger partial charge in [0, 0.05) is 28.7 Å². The molecule has 5 nitrogen and oxygen atoms in total. The van der Waals surface area contributed by atoms with Crippen LogP contribution in [0.15, 0.2) is 53.1 Å². The highest BCUT2D eigenvalue weighted by Gasteiger charge is 2.16. The molecule has 1 heterocycles. The molecule has 2 aromatic carbocycles. The van der Waals surface area contributed by atoms with Gasteiger partial charge in [-0.3, -0.25) is 9.59 Å². The Hall–Kier alpha value is -2.79. The molecule has 0 aliphatic rings. The zero-order valence-electron chi connectivity index (χ0n) is 15.3. The van der Waals surface area contributed by atoms with Gasteiger partial charge in [-0.1, -0.05) is 30.7 Å². The van der Waals surface area contributed by atoms with Crippen LogP contribution in [0, 0.1) is 0 Å². The molecule has 0 aliphatic carbocycles. The molecule has 0 fully saturated rings. The summed E-state index contributed by atoms with van der Waals surface area (Å²) in [6.07, 6.45) is 2.73. The number of hydrogen-bond donors (Lipinski definition) is 1. The Morgan fingerprint density at radius 2 is 1.89 bits per heavy atom. The molecule has 1 N–H and O–H groups in total. The second-order valence-electron chi connectivity index (χ2n) is 6.43. The minimum atomic E-state index is -0.266. The summed E-state index contributed by atoms with van der Waals surface area (Å²) in [5.74, 6) is -0.415. The number of furan rings is 1. The predicted molar refractivity (Wildman–Crippen MR) is 107 cm³/mol. The number of amides is 2. The average molecular weight is 385 g/mol. The maximum absolute atomic E-state index is 12.5. The highest BCUT2D eigenvalue weighted by molar-refractivity contribution is 6.30. The number of rotatable bonds is 6. The number of likely N-dealkylation sites (N-methyl/N-ethyl adjacent to an activating group) is 1. The summed E-state index contributed by atoms with van der Waals surface area (Å²) in [6, 6.07) is 12.8. The van der Waals surface area contributed by atoms with Crippen LogP contribution in [0.4, 0.5) is 5.69 Å². The Bertz CT molecular complexity index is 963. The summed E-state index contributed by atoms with van der Waals surface area (Å²) in [6.45, 7) is 2.05. The Kier molecular flexibility index (Phi) is 5.81. The maximum atomic E-state index is 12.5. The first-order valence-electron chi connectivity index (χ1n) is 8.74. The Morgan fingerprint density at radius 3 is 2.59 bits per heavy atom. The molecule has 0 aliphatic heterocycles. The fourth-order valence-corrected chi connectivity index (χ4v) is 2.95. The first-order chi connectivity index (χ1) is 13.0. The van der Waals surface area contributed by atoms with Gasteiger partial charge in [0.2, 0.25) is 11.8 Å². The minimum Gasteiger partial charge on any atom is -0.464 e. The zero-order chi connectivity index (χ0) is 19.4. The zero-order valence-corrected chi connectivity index (χ0v) is 16.0. The highest BCUT2D eigenvalue weighted by Crippen LogP contribution is 2.23. The van der Waals surface area contributed by atoms with Crippen LogP contribution in [0.25, 0.3) is 11.0 Å². The van der Waals surface area contributed by atoms with Crippen molar-refractivity contribution >= 4 is 40.1 Å². The van der Waals surface area contributed by atoms with E-state index >= 15 is 0 Å². The summed E-state index contributed by atoms with van der Waals surface area (Å²) in [7, 11) is 1.61. The van der Waals surface area contributed by atoms with Crippen molar-refractivity contribution in [2.24, 2.45) is 0 Å². The van der Waals surface area contributed by atoms with Gasteiger partial charge in [-0.25, -0.2) is 0 Å². The minimum absolute atomic E-state index is 0.0305. The van der Waals surface area contributed by atoms with Gasteiger partial charge in [0.15, 0.2) is 0 Å². The van der Waals surface area contributed by atoms with E-state index in [2.05, 4.69) is 12.2 Å². The van der Waals surface area contributed by atoms with Crippen molar-refractivity contribution < 1.29 is 14.0 Å². The van der Waals surface area contributed by atoms with Gasteiger partial charge in [0.1, 0.15) is 5.58 Å². The quantitative estimate of drug-likeness (QED) is 0.689. The fourth-order valence-electron chi connectivity index (χ4n) is 2.82. The number of nitrogens with one attached hydrogen (secondary N) is 1. The highest BCUT2D eigenvalue weighted by atomic mass is 35.5. The lowest BCUT2D eigenvalue weighted by Gasteiger charge is -2.16. The normalized spacial score (nSPS) is 10.8. The fraction of sp³-hybridized carbons (Fsp3) is 0.238. The molecule has 0 saturated carbocycles. The van der Waals surface area contributed by atoms with Crippen LogP contribution in [0.2, 0.25) is 5.02 Å². The number of fused-ring (bicyclic) bond motifs is 1. The number of halogens is 1. The lowest BCUT2D eigenvalue weighted by Crippen LogP contribution is -2.35. The molecule has 27 heavy (non-hydrogen) atoms. The van der Waals surface area contributed by atoms with Crippen LogP contribution in [0.3, 0.4) is 0 Å². The molecule has 0 bridgehead atoms. The van der Waals surface area contributed by atoms with Crippen LogP contribution in [-0.2, 0) is 22.4 Å². The van der Waals surface area contributed by atoms with E-state index in [-0.39, 0.29) is 24.8 Å². The largest absolute Gasteiger partial charge is 0.464 e. The monoisotopic (exact) mass is 384 g/mol. The van der Waals surface area contributed by atoms with Crippen molar-refractivity contribution in [1.82, 2.24) is 4.90 Å². The second kappa shape index (κ2) is 8.27. The molecule has 6 heteroatoms. The number of carbonyl (C=O) groups is 2. The molecular formula is C21H21ClN2O3. The van der Waals surface area contributed by atoms with E-state index in [1.807, 2.05) is 18.2 Å².